The molecule has 0 bridgehead atoms. The number of phenols is 1. The van der Waals surface area contributed by atoms with E-state index in [1.54, 1.807) is 18.2 Å². The minimum atomic E-state index is -0.0775. The molecule has 1 aromatic rings. The smallest absolute Gasteiger partial charge is 0.115 e. The van der Waals surface area contributed by atoms with Crippen LogP contribution in [0, 0.1) is 11.8 Å². The minimum absolute atomic E-state index is 0.0209. The Balaban J connectivity index is 1.77. The molecule has 1 aliphatic heterocycles. The largest absolute Gasteiger partial charge is 0.508 e. The molecule has 3 aliphatic rings. The van der Waals surface area contributed by atoms with Gasteiger partial charge in [0.05, 0.1) is 6.10 Å². The Kier molecular flexibility index (Phi) is 3.12. The first-order chi connectivity index (χ1) is 10.6. The van der Waals surface area contributed by atoms with Gasteiger partial charge in [-0.25, -0.2) is 0 Å². The number of rotatable bonds is 1. The molecule has 1 aromatic carbocycles. The SMILES string of the molecule is CC1CC2=C3C=C(O)C=CC3OC(c3ccc(O)cc3)C2C1. The fourth-order valence-electron chi connectivity index (χ4n) is 4.03. The normalized spacial score (nSPS) is 33.4. The van der Waals surface area contributed by atoms with Gasteiger partial charge in [0.15, 0.2) is 0 Å². The highest BCUT2D eigenvalue weighted by atomic mass is 16.5. The van der Waals surface area contributed by atoms with Gasteiger partial charge < -0.3 is 14.9 Å². The van der Waals surface area contributed by atoms with E-state index in [0.29, 0.717) is 17.6 Å². The molecule has 114 valence electrons. The summed E-state index contributed by atoms with van der Waals surface area (Å²) in [4.78, 5) is 0. The number of allylic oxidation sites excluding steroid dienone is 1. The molecule has 4 unspecified atom stereocenters. The van der Waals surface area contributed by atoms with Gasteiger partial charge in [0.2, 0.25) is 0 Å². The molecular weight excluding hydrogens is 276 g/mol. The summed E-state index contributed by atoms with van der Waals surface area (Å²) < 4.78 is 6.34. The van der Waals surface area contributed by atoms with Gasteiger partial charge >= 0.3 is 0 Å². The molecule has 2 aliphatic carbocycles. The van der Waals surface area contributed by atoms with Crippen LogP contribution in [-0.2, 0) is 4.74 Å². The molecule has 1 saturated carbocycles. The predicted octanol–water partition coefficient (Wildman–Crippen LogP) is 4.19. The van der Waals surface area contributed by atoms with Gasteiger partial charge in [-0.3, -0.25) is 0 Å². The standard InChI is InChI=1S/C19H20O3/c1-11-8-15-16-10-14(21)6-7-18(16)22-19(17(15)9-11)12-2-4-13(20)5-3-12/h2-7,10-11,17-21H,8-9H2,1H3. The van der Waals surface area contributed by atoms with Gasteiger partial charge in [0, 0.05) is 5.92 Å². The molecule has 0 saturated heterocycles. The zero-order chi connectivity index (χ0) is 15.3. The lowest BCUT2D eigenvalue weighted by Crippen LogP contribution is -2.30. The number of aromatic hydroxyl groups is 1. The molecule has 0 spiro atoms. The average Bonchev–Trinajstić information content (AvgIpc) is 2.89. The fraction of sp³-hybridized carbons (Fsp3) is 0.368. The van der Waals surface area contributed by atoms with Crippen molar-refractivity contribution in [3.05, 3.63) is 65.0 Å². The molecule has 1 fully saturated rings. The maximum Gasteiger partial charge on any atom is 0.115 e. The summed E-state index contributed by atoms with van der Waals surface area (Å²) in [6.45, 7) is 2.27. The Bertz CT molecular complexity index is 681. The van der Waals surface area contributed by atoms with Crippen LogP contribution in [0.2, 0.25) is 0 Å². The molecule has 2 N–H and O–H groups in total. The van der Waals surface area contributed by atoms with Crippen molar-refractivity contribution in [2.45, 2.75) is 32.0 Å². The van der Waals surface area contributed by atoms with Crippen LogP contribution < -0.4 is 0 Å². The van der Waals surface area contributed by atoms with Gasteiger partial charge in [0.25, 0.3) is 0 Å². The number of benzene rings is 1. The first kappa shape index (κ1) is 13.6. The van der Waals surface area contributed by atoms with E-state index in [4.69, 9.17) is 4.74 Å². The van der Waals surface area contributed by atoms with Crippen molar-refractivity contribution in [3.8, 4) is 5.75 Å². The van der Waals surface area contributed by atoms with E-state index in [-0.39, 0.29) is 18.0 Å². The van der Waals surface area contributed by atoms with Gasteiger partial charge in [-0.05, 0) is 60.3 Å². The lowest BCUT2D eigenvalue weighted by molar-refractivity contribution is -0.0115. The third-order valence-corrected chi connectivity index (χ3v) is 4.98. The quantitative estimate of drug-likeness (QED) is 0.817. The number of phenolic OH excluding ortho intramolecular Hbond substituents is 1. The summed E-state index contributed by atoms with van der Waals surface area (Å²) in [5.74, 6) is 1.59. The molecule has 1 heterocycles. The average molecular weight is 296 g/mol. The number of hydrogen-bond donors (Lipinski definition) is 2. The summed E-state index contributed by atoms with van der Waals surface area (Å²) in [6.07, 6.45) is 7.63. The third-order valence-electron chi connectivity index (χ3n) is 4.98. The summed E-state index contributed by atoms with van der Waals surface area (Å²) in [7, 11) is 0. The molecule has 0 amide bonds. The Morgan fingerprint density at radius 1 is 1.14 bits per heavy atom. The van der Waals surface area contributed by atoms with Gasteiger partial charge in [-0.2, -0.15) is 0 Å². The topological polar surface area (TPSA) is 49.7 Å². The second-order valence-corrected chi connectivity index (χ2v) is 6.63. The Morgan fingerprint density at radius 3 is 2.68 bits per heavy atom. The second kappa shape index (κ2) is 5.03. The van der Waals surface area contributed by atoms with Crippen molar-refractivity contribution in [1.82, 2.24) is 0 Å². The van der Waals surface area contributed by atoms with Crippen LogP contribution in [0.15, 0.2) is 59.4 Å². The Labute approximate surface area is 130 Å². The van der Waals surface area contributed by atoms with Crippen LogP contribution in [-0.4, -0.2) is 16.3 Å². The summed E-state index contributed by atoms with van der Waals surface area (Å²) >= 11 is 0. The molecule has 0 aromatic heterocycles. The minimum Gasteiger partial charge on any atom is -0.508 e. The van der Waals surface area contributed by atoms with Crippen LogP contribution in [0.3, 0.4) is 0 Å². The van der Waals surface area contributed by atoms with Crippen LogP contribution in [0.25, 0.3) is 0 Å². The van der Waals surface area contributed by atoms with Crippen molar-refractivity contribution in [2.75, 3.05) is 0 Å². The summed E-state index contributed by atoms with van der Waals surface area (Å²) in [5, 5.41) is 19.3. The molecule has 22 heavy (non-hydrogen) atoms. The molecule has 4 rings (SSSR count). The first-order valence-corrected chi connectivity index (χ1v) is 7.88. The van der Waals surface area contributed by atoms with Crippen molar-refractivity contribution < 1.29 is 14.9 Å². The monoisotopic (exact) mass is 296 g/mol. The van der Waals surface area contributed by atoms with Crippen molar-refractivity contribution in [3.63, 3.8) is 0 Å². The maximum atomic E-state index is 9.80. The summed E-state index contributed by atoms with van der Waals surface area (Å²) in [6, 6.07) is 7.34. The van der Waals surface area contributed by atoms with Gasteiger partial charge in [-0.15, -0.1) is 0 Å². The van der Waals surface area contributed by atoms with Gasteiger partial charge in [-0.1, -0.05) is 24.6 Å². The van der Waals surface area contributed by atoms with E-state index in [9.17, 15) is 10.2 Å². The van der Waals surface area contributed by atoms with E-state index < -0.39 is 0 Å². The lowest BCUT2D eigenvalue weighted by Gasteiger charge is -2.37. The molecular formula is C19H20O3. The van der Waals surface area contributed by atoms with Crippen LogP contribution in [0.5, 0.6) is 5.75 Å². The van der Waals surface area contributed by atoms with Crippen molar-refractivity contribution in [2.24, 2.45) is 11.8 Å². The van der Waals surface area contributed by atoms with Gasteiger partial charge in [0.1, 0.15) is 17.6 Å². The molecule has 3 heteroatoms. The highest BCUT2D eigenvalue weighted by Gasteiger charge is 2.42. The van der Waals surface area contributed by atoms with Crippen molar-refractivity contribution >= 4 is 0 Å². The summed E-state index contributed by atoms with van der Waals surface area (Å²) in [5.41, 5.74) is 3.68. The lowest BCUT2D eigenvalue weighted by atomic mass is 9.82. The van der Waals surface area contributed by atoms with E-state index in [0.717, 1.165) is 24.0 Å². The van der Waals surface area contributed by atoms with E-state index in [2.05, 4.69) is 6.92 Å². The van der Waals surface area contributed by atoms with Crippen LogP contribution in [0.4, 0.5) is 0 Å². The number of ether oxygens (including phenoxy) is 1. The number of hydrogen-bond acceptors (Lipinski definition) is 3. The van der Waals surface area contributed by atoms with Crippen molar-refractivity contribution in [1.29, 1.82) is 0 Å². The highest BCUT2D eigenvalue weighted by Crippen LogP contribution is 2.51. The zero-order valence-corrected chi connectivity index (χ0v) is 12.6. The Hall–Kier alpha value is -2.00. The second-order valence-electron chi connectivity index (χ2n) is 6.63. The van der Waals surface area contributed by atoms with E-state index in [1.807, 2.05) is 24.3 Å². The first-order valence-electron chi connectivity index (χ1n) is 7.88. The fourth-order valence-corrected chi connectivity index (χ4v) is 4.03. The molecule has 4 atom stereocenters. The maximum absolute atomic E-state index is 9.80. The number of aliphatic hydroxyl groups is 1. The number of aliphatic hydroxyl groups excluding tert-OH is 1. The van der Waals surface area contributed by atoms with E-state index in [1.165, 1.54) is 5.57 Å². The molecule has 3 nitrogen and oxygen atoms in total. The third kappa shape index (κ3) is 2.17. The predicted molar refractivity (Wildman–Crippen MR) is 84.5 cm³/mol. The van der Waals surface area contributed by atoms with Crippen LogP contribution in [0.1, 0.15) is 31.4 Å². The molecule has 0 radical (unpaired) electrons. The van der Waals surface area contributed by atoms with Crippen LogP contribution >= 0.6 is 0 Å². The number of fused-ring (bicyclic) bond motifs is 2. The van der Waals surface area contributed by atoms with E-state index >= 15 is 0 Å². The highest BCUT2D eigenvalue weighted by molar-refractivity contribution is 5.45. The zero-order valence-electron chi connectivity index (χ0n) is 12.6. The Morgan fingerprint density at radius 2 is 1.91 bits per heavy atom.